The van der Waals surface area contributed by atoms with Gasteiger partial charge in [0.05, 0.1) is 48.9 Å². The molecule has 4 aromatic rings. The van der Waals surface area contributed by atoms with E-state index in [-0.39, 0.29) is 12.2 Å². The van der Waals surface area contributed by atoms with E-state index in [2.05, 4.69) is 55.5 Å². The molecule has 2 fully saturated rings. The minimum absolute atomic E-state index is 0.125. The van der Waals surface area contributed by atoms with Crippen molar-refractivity contribution >= 4 is 46.1 Å². The van der Waals surface area contributed by atoms with Gasteiger partial charge in [0.25, 0.3) is 0 Å². The Hall–Kier alpha value is -3.44. The van der Waals surface area contributed by atoms with Crippen LogP contribution < -0.4 is 26.0 Å². The summed E-state index contributed by atoms with van der Waals surface area (Å²) in [7, 11) is 0. The summed E-state index contributed by atoms with van der Waals surface area (Å²) in [5, 5.41) is 14.2. The molecule has 2 aliphatic heterocycles. The number of rotatable bonds is 8. The van der Waals surface area contributed by atoms with Gasteiger partial charge in [0.1, 0.15) is 5.82 Å². The summed E-state index contributed by atoms with van der Waals surface area (Å²) in [6.07, 6.45) is 3.58. The molecule has 0 spiro atoms. The summed E-state index contributed by atoms with van der Waals surface area (Å²) >= 11 is 11.8. The number of halogens is 2. The van der Waals surface area contributed by atoms with Crippen molar-refractivity contribution in [1.82, 2.24) is 20.6 Å². The predicted molar refractivity (Wildman–Crippen MR) is 172 cm³/mol. The van der Waals surface area contributed by atoms with E-state index in [1.807, 2.05) is 49.4 Å². The number of morpholine rings is 2. The van der Waals surface area contributed by atoms with Crippen LogP contribution in [0.15, 0.2) is 79.1 Å². The highest BCUT2D eigenvalue weighted by Gasteiger charge is 2.16. The molecule has 2 aromatic carbocycles. The van der Waals surface area contributed by atoms with Crippen molar-refractivity contribution in [1.29, 1.82) is 0 Å². The van der Waals surface area contributed by atoms with Crippen LogP contribution in [0.3, 0.4) is 0 Å². The molecule has 2 aliphatic rings. The molecule has 0 saturated carbocycles. The van der Waals surface area contributed by atoms with Crippen LogP contribution in [0.1, 0.15) is 30.3 Å². The van der Waals surface area contributed by atoms with Crippen molar-refractivity contribution in [2.45, 2.75) is 19.1 Å². The third-order valence-electron chi connectivity index (χ3n) is 6.82. The highest BCUT2D eigenvalue weighted by atomic mass is 35.5. The highest BCUT2D eigenvalue weighted by Crippen LogP contribution is 2.28. The number of benzene rings is 2. The fourth-order valence-corrected chi connectivity index (χ4v) is 4.91. The van der Waals surface area contributed by atoms with Crippen LogP contribution in [0.2, 0.25) is 10.2 Å². The smallest absolute Gasteiger partial charge is 0.171 e. The molecule has 43 heavy (non-hydrogen) atoms. The lowest BCUT2D eigenvalue weighted by Gasteiger charge is -2.24. The molecule has 0 amide bonds. The van der Waals surface area contributed by atoms with Crippen LogP contribution in [0.25, 0.3) is 0 Å². The number of nitrogens with one attached hydrogen (secondary N) is 4. The van der Waals surface area contributed by atoms with E-state index < -0.39 is 0 Å². The van der Waals surface area contributed by atoms with Gasteiger partial charge in [-0.1, -0.05) is 47.5 Å². The minimum Gasteiger partial charge on any atom is -0.491 e. The van der Waals surface area contributed by atoms with Crippen molar-refractivity contribution < 1.29 is 14.2 Å². The Morgan fingerprint density at radius 3 is 1.88 bits per heavy atom. The third-order valence-corrected chi connectivity index (χ3v) is 7.32. The summed E-state index contributed by atoms with van der Waals surface area (Å²) in [6, 6.07) is 21.9. The second kappa shape index (κ2) is 15.9. The molecule has 0 radical (unpaired) electrons. The molecule has 9 nitrogen and oxygen atoms in total. The summed E-state index contributed by atoms with van der Waals surface area (Å²) in [6.45, 7) is 7.55. The largest absolute Gasteiger partial charge is 0.491 e. The Balaban J connectivity index is 0.000000173. The molecule has 4 heterocycles. The van der Waals surface area contributed by atoms with Gasteiger partial charge in [-0.15, -0.1) is 0 Å². The first-order valence-corrected chi connectivity index (χ1v) is 15.1. The monoisotopic (exact) mass is 622 g/mol. The van der Waals surface area contributed by atoms with Crippen molar-refractivity contribution in [2.75, 3.05) is 56.6 Å². The van der Waals surface area contributed by atoms with Gasteiger partial charge >= 0.3 is 0 Å². The number of pyridine rings is 2. The molecule has 2 atom stereocenters. The zero-order valence-corrected chi connectivity index (χ0v) is 25.5. The molecule has 0 aliphatic carbocycles. The summed E-state index contributed by atoms with van der Waals surface area (Å²) in [4.78, 5) is 8.34. The van der Waals surface area contributed by atoms with Crippen LogP contribution in [-0.2, 0) is 9.47 Å². The third kappa shape index (κ3) is 9.27. The standard InChI is InChI=1S/C17H20ClN3O2.C15H16ClN3O/c1-2-22-15-9-14(10-20-17(15)18)21-13-5-3-12(4-6-13)16-11-19-7-8-23-16;16-12-3-6-15(18-9-12)19-13-4-1-11(2-5-13)14-10-17-7-8-20-14/h3-6,9-10,16,19,21H,2,7-8,11H2,1H3;1-6,9,14,17H,7-8,10H2,(H,18,19)/t16-;14-/m10/s1. The molecule has 0 bridgehead atoms. The predicted octanol–water partition coefficient (Wildman–Crippen LogP) is 6.68. The van der Waals surface area contributed by atoms with E-state index in [1.165, 1.54) is 11.1 Å². The fraction of sp³-hybridized carbons (Fsp3) is 0.312. The Kier molecular flexibility index (Phi) is 11.4. The number of nitrogens with zero attached hydrogens (tertiary/aromatic N) is 2. The molecule has 226 valence electrons. The molecule has 2 saturated heterocycles. The Labute approximate surface area is 262 Å². The molecule has 6 rings (SSSR count). The molecule has 0 unspecified atom stereocenters. The number of ether oxygens (including phenoxy) is 3. The maximum Gasteiger partial charge on any atom is 0.171 e. The number of anilines is 4. The topological polar surface area (TPSA) is 102 Å². The van der Waals surface area contributed by atoms with Gasteiger partial charge in [0, 0.05) is 49.8 Å². The van der Waals surface area contributed by atoms with E-state index in [4.69, 9.17) is 37.4 Å². The molecule has 11 heteroatoms. The summed E-state index contributed by atoms with van der Waals surface area (Å²) in [5.41, 5.74) is 5.16. The van der Waals surface area contributed by atoms with Gasteiger partial charge in [0.2, 0.25) is 0 Å². The van der Waals surface area contributed by atoms with Gasteiger partial charge in [0.15, 0.2) is 10.9 Å². The minimum atomic E-state index is 0.125. The average molecular weight is 624 g/mol. The Morgan fingerprint density at radius 2 is 1.37 bits per heavy atom. The zero-order chi connectivity index (χ0) is 29.9. The molecular formula is C32H36Cl2N6O3. The van der Waals surface area contributed by atoms with Crippen LogP contribution in [0.5, 0.6) is 5.75 Å². The Bertz CT molecular complexity index is 1410. The maximum absolute atomic E-state index is 6.00. The van der Waals surface area contributed by atoms with Crippen molar-refractivity contribution in [3.05, 3.63) is 100 Å². The molecular weight excluding hydrogens is 587 g/mol. The van der Waals surface area contributed by atoms with E-state index in [1.54, 1.807) is 12.4 Å². The van der Waals surface area contributed by atoms with Gasteiger partial charge in [-0.3, -0.25) is 0 Å². The quantitative estimate of drug-likeness (QED) is 0.160. The fourth-order valence-electron chi connectivity index (χ4n) is 4.64. The van der Waals surface area contributed by atoms with E-state index in [9.17, 15) is 0 Å². The second-order valence-electron chi connectivity index (χ2n) is 9.93. The SMILES string of the molecule is CCOc1cc(Nc2ccc([C@H]3CNCCO3)cc2)cnc1Cl.Clc1ccc(Nc2ccc([C@@H]3CNCCO3)cc2)nc1. The van der Waals surface area contributed by atoms with E-state index >= 15 is 0 Å². The maximum atomic E-state index is 6.00. The van der Waals surface area contributed by atoms with Gasteiger partial charge in [-0.05, 0) is 54.4 Å². The van der Waals surface area contributed by atoms with E-state index in [0.29, 0.717) is 22.5 Å². The second-order valence-corrected chi connectivity index (χ2v) is 10.7. The van der Waals surface area contributed by atoms with Crippen molar-refractivity contribution in [3.63, 3.8) is 0 Å². The van der Waals surface area contributed by atoms with Crippen LogP contribution in [0, 0.1) is 0 Å². The molecule has 2 aromatic heterocycles. The lowest BCUT2D eigenvalue weighted by molar-refractivity contribution is 0.0276. The first-order valence-electron chi connectivity index (χ1n) is 14.4. The Morgan fingerprint density at radius 1 is 0.767 bits per heavy atom. The molecule has 4 N–H and O–H groups in total. The zero-order valence-electron chi connectivity index (χ0n) is 24.0. The lowest BCUT2D eigenvalue weighted by atomic mass is 10.1. The van der Waals surface area contributed by atoms with E-state index in [0.717, 1.165) is 62.3 Å². The number of hydrogen-bond donors (Lipinski definition) is 4. The lowest BCUT2D eigenvalue weighted by Crippen LogP contribution is -2.33. The normalized spacial score (nSPS) is 18.2. The first kappa shape index (κ1) is 31.0. The summed E-state index contributed by atoms with van der Waals surface area (Å²) in [5.74, 6) is 1.36. The first-order chi connectivity index (χ1) is 21.1. The van der Waals surface area contributed by atoms with Crippen LogP contribution in [0.4, 0.5) is 22.9 Å². The van der Waals surface area contributed by atoms with Gasteiger partial charge in [-0.25, -0.2) is 9.97 Å². The van der Waals surface area contributed by atoms with Crippen LogP contribution in [-0.4, -0.2) is 56.0 Å². The van der Waals surface area contributed by atoms with Crippen molar-refractivity contribution in [3.8, 4) is 5.75 Å². The van der Waals surface area contributed by atoms with Crippen LogP contribution >= 0.6 is 23.2 Å². The van der Waals surface area contributed by atoms with Gasteiger partial charge < -0.3 is 35.5 Å². The number of hydrogen-bond acceptors (Lipinski definition) is 9. The number of aromatic nitrogens is 2. The highest BCUT2D eigenvalue weighted by molar-refractivity contribution is 6.31. The van der Waals surface area contributed by atoms with Crippen molar-refractivity contribution in [2.24, 2.45) is 0 Å². The average Bonchev–Trinajstić information content (AvgIpc) is 3.06. The summed E-state index contributed by atoms with van der Waals surface area (Å²) < 4.78 is 16.9. The van der Waals surface area contributed by atoms with Gasteiger partial charge in [-0.2, -0.15) is 0 Å².